The fraction of sp³-hybridized carbons (Fsp3) is 1.00. The molecule has 0 radical (unpaired) electrons. The maximum atomic E-state index is 8.25. The van der Waals surface area contributed by atoms with Crippen molar-refractivity contribution < 1.29 is 33.9 Å². The minimum absolute atomic E-state index is 0.750. The first-order chi connectivity index (χ1) is 3.00. The molecule has 0 bridgehead atoms. The summed E-state index contributed by atoms with van der Waals surface area (Å²) in [6.45, 7) is 0. The summed E-state index contributed by atoms with van der Waals surface area (Å²) in [6.07, 6.45) is 0. The molecule has 0 fully saturated rings. The topological polar surface area (TPSA) is 57.5 Å². The Hall–Kier alpha value is 0.434. The molecule has 0 unspecified atom stereocenters. The molecule has 0 aromatic rings. The molecule has 0 aliphatic rings. The van der Waals surface area contributed by atoms with Gasteiger partial charge in [-0.05, 0) is 0 Å². The fourth-order valence-electron chi connectivity index (χ4n) is 0. The summed E-state index contributed by atoms with van der Waals surface area (Å²) >= 11 is 0.750. The quantitative estimate of drug-likeness (QED) is 0.415. The molecule has 0 atom stereocenters. The van der Waals surface area contributed by atoms with Crippen molar-refractivity contribution in [3.63, 3.8) is 0 Å². The van der Waals surface area contributed by atoms with Crippen LogP contribution in [0.4, 0.5) is 0 Å². The van der Waals surface area contributed by atoms with Crippen LogP contribution in [0.2, 0.25) is 0 Å². The zero-order valence-electron chi connectivity index (χ0n) is 3.80. The number of rotatable bonds is 0. The van der Waals surface area contributed by atoms with Crippen LogP contribution in [0.5, 0.6) is 0 Å². The summed E-state index contributed by atoms with van der Waals surface area (Å²) in [5.74, 6) is 0. The van der Waals surface area contributed by atoms with E-state index in [0.717, 1.165) is 34.6 Å². The van der Waals surface area contributed by atoms with E-state index < -0.39 is 0 Å². The van der Waals surface area contributed by atoms with E-state index in [1.54, 1.807) is 0 Å². The van der Waals surface area contributed by atoms with Gasteiger partial charge < -0.3 is 10.2 Å². The second kappa shape index (κ2) is 567. The van der Waals surface area contributed by atoms with Crippen LogP contribution >= 0.6 is 0 Å². The van der Waals surface area contributed by atoms with Crippen molar-refractivity contribution in [2.75, 3.05) is 14.2 Å². The van der Waals surface area contributed by atoms with Gasteiger partial charge in [-0.2, -0.15) is 0 Å². The van der Waals surface area contributed by atoms with Crippen molar-refractivity contribution in [3.8, 4) is 0 Å². The van der Waals surface area contributed by atoms with Crippen LogP contribution < -0.4 is 0 Å². The first-order valence-corrected chi connectivity index (χ1v) is 1.74. The average molecular weight is 128 g/mol. The van der Waals surface area contributed by atoms with E-state index in [-0.39, 0.29) is 0 Å². The predicted octanol–water partition coefficient (Wildman–Crippen LogP) is -0.904. The maximum absolute atomic E-state index is 8.25. The van der Waals surface area contributed by atoms with Crippen molar-refractivity contribution in [3.05, 3.63) is 0 Å². The molecule has 4 heteroatoms. The molecule has 0 aromatic heterocycles. The Morgan fingerprint density at radius 1 is 1.00 bits per heavy atom. The molecular weight excluding hydrogens is 120 g/mol. The number of hydrogen-bond donors (Lipinski definition) is 2. The second-order valence-electron chi connectivity index (χ2n) is 0. The zero-order valence-corrected chi connectivity index (χ0v) is 5.36. The van der Waals surface area contributed by atoms with Crippen LogP contribution in [0.15, 0.2) is 0 Å². The van der Waals surface area contributed by atoms with Gasteiger partial charge in [0.15, 0.2) is 0 Å². The molecular formula is C2H8O3Ti. The third kappa shape index (κ3) is 277. The van der Waals surface area contributed by atoms with Gasteiger partial charge in [0, 0.05) is 14.2 Å². The number of aliphatic hydroxyl groups excluding tert-OH is 2. The number of aliphatic hydroxyl groups is 2. The van der Waals surface area contributed by atoms with Crippen molar-refractivity contribution >= 4 is 0 Å². The van der Waals surface area contributed by atoms with Gasteiger partial charge in [0.05, 0.1) is 0 Å². The third-order valence-corrected chi connectivity index (χ3v) is 0. The van der Waals surface area contributed by atoms with Crippen LogP contribution in [-0.4, -0.2) is 24.4 Å². The molecule has 0 aliphatic carbocycles. The van der Waals surface area contributed by atoms with Crippen molar-refractivity contribution in [2.45, 2.75) is 0 Å². The van der Waals surface area contributed by atoms with Crippen LogP contribution in [0.25, 0.3) is 0 Å². The molecule has 3 nitrogen and oxygen atoms in total. The SMILES string of the molecule is CO.CO.[O]=[Ti]. The molecule has 0 saturated heterocycles. The van der Waals surface area contributed by atoms with Gasteiger partial charge in [0.1, 0.15) is 0 Å². The predicted molar refractivity (Wildman–Crippen MR) is 17.0 cm³/mol. The number of hydrogen-bond acceptors (Lipinski definition) is 3. The van der Waals surface area contributed by atoms with Crippen molar-refractivity contribution in [1.82, 2.24) is 0 Å². The fourth-order valence-corrected chi connectivity index (χ4v) is 0. The van der Waals surface area contributed by atoms with Gasteiger partial charge >= 0.3 is 23.7 Å². The first kappa shape index (κ1) is 16.1. The summed E-state index contributed by atoms with van der Waals surface area (Å²) in [5.41, 5.74) is 0. The molecule has 0 aromatic carbocycles. The molecule has 0 saturated carbocycles. The minimum atomic E-state index is 0.750. The van der Waals surface area contributed by atoms with Crippen LogP contribution in [0.1, 0.15) is 0 Å². The summed E-state index contributed by atoms with van der Waals surface area (Å²) in [6, 6.07) is 0. The summed E-state index contributed by atoms with van der Waals surface area (Å²) in [7, 11) is 2.00. The zero-order chi connectivity index (χ0) is 6.00. The van der Waals surface area contributed by atoms with E-state index in [9.17, 15) is 0 Å². The van der Waals surface area contributed by atoms with Crippen molar-refractivity contribution in [1.29, 1.82) is 0 Å². The van der Waals surface area contributed by atoms with E-state index >= 15 is 0 Å². The molecule has 6 heavy (non-hydrogen) atoms. The summed E-state index contributed by atoms with van der Waals surface area (Å²) in [4.78, 5) is 0. The first-order valence-electron chi connectivity index (χ1n) is 1.10. The van der Waals surface area contributed by atoms with Crippen molar-refractivity contribution in [2.24, 2.45) is 0 Å². The van der Waals surface area contributed by atoms with Crippen LogP contribution in [0.3, 0.4) is 0 Å². The van der Waals surface area contributed by atoms with Gasteiger partial charge in [0.2, 0.25) is 0 Å². The Kier molecular flexibility index (Phi) is 1520. The van der Waals surface area contributed by atoms with Gasteiger partial charge in [-0.25, -0.2) is 0 Å². The van der Waals surface area contributed by atoms with Gasteiger partial charge in [-0.1, -0.05) is 0 Å². The monoisotopic (exact) mass is 128 g/mol. The molecule has 0 rings (SSSR count). The van der Waals surface area contributed by atoms with E-state index in [2.05, 4.69) is 0 Å². The Morgan fingerprint density at radius 3 is 1.00 bits per heavy atom. The van der Waals surface area contributed by atoms with Gasteiger partial charge in [-0.15, -0.1) is 0 Å². The molecule has 0 heterocycles. The molecule has 2 N–H and O–H groups in total. The van der Waals surface area contributed by atoms with Crippen LogP contribution in [0, 0.1) is 0 Å². The van der Waals surface area contributed by atoms with Gasteiger partial charge in [0.25, 0.3) is 0 Å². The second-order valence-corrected chi connectivity index (χ2v) is 0. The standard InChI is InChI=1S/2CH4O.O.Ti/c2*1-2;;/h2*2H,1H3;;. The Bertz CT molecular complexity index is 8.75. The Balaban J connectivity index is -0.0000000225. The van der Waals surface area contributed by atoms with E-state index in [0.29, 0.717) is 0 Å². The van der Waals surface area contributed by atoms with E-state index in [4.69, 9.17) is 13.5 Å². The molecule has 38 valence electrons. The molecule has 0 aliphatic heterocycles. The normalized spacial score (nSPS) is 2.50. The third-order valence-electron chi connectivity index (χ3n) is 0. The van der Waals surface area contributed by atoms with E-state index in [1.807, 2.05) is 0 Å². The Labute approximate surface area is 48.7 Å². The Morgan fingerprint density at radius 2 is 1.00 bits per heavy atom. The molecule has 0 spiro atoms. The van der Waals surface area contributed by atoms with Crippen LogP contribution in [-0.2, 0) is 23.7 Å². The molecule has 0 amide bonds. The summed E-state index contributed by atoms with van der Waals surface area (Å²) in [5, 5.41) is 14.0. The average Bonchev–Trinajstić information content (AvgIpc) is 1.81. The van der Waals surface area contributed by atoms with Gasteiger partial charge in [-0.3, -0.25) is 0 Å². The summed E-state index contributed by atoms with van der Waals surface area (Å²) < 4.78 is 8.25. The van der Waals surface area contributed by atoms with E-state index in [1.165, 1.54) is 0 Å².